The van der Waals surface area contributed by atoms with E-state index in [0.717, 1.165) is 49.3 Å². The molecule has 2 aromatic carbocycles. The zero-order valence-electron chi connectivity index (χ0n) is 16.8. The number of amides is 2. The maximum absolute atomic E-state index is 12.6. The van der Waals surface area contributed by atoms with Crippen LogP contribution in [-0.4, -0.2) is 36.0 Å². The molecular formula is C23H27N3O3. The standard InChI is InChI=1S/C23H27N3O3/c1-17(27)24-21-8-4-2-7-19(21)16-29-25-14-12-20(13-15-25)26-22-9-5-3-6-18(22)10-11-23(26)28/h2-9,20H,10-16H2,1H3,(H,24,27). The first-order chi connectivity index (χ1) is 14.1. The highest BCUT2D eigenvalue weighted by Gasteiger charge is 2.32. The highest BCUT2D eigenvalue weighted by Crippen LogP contribution is 2.32. The lowest BCUT2D eigenvalue weighted by atomic mass is 9.96. The molecule has 0 radical (unpaired) electrons. The first kappa shape index (κ1) is 19.6. The minimum atomic E-state index is -0.0928. The molecule has 1 N–H and O–H groups in total. The molecule has 0 spiro atoms. The Morgan fingerprint density at radius 3 is 2.59 bits per heavy atom. The first-order valence-corrected chi connectivity index (χ1v) is 10.2. The van der Waals surface area contributed by atoms with Gasteiger partial charge in [0.2, 0.25) is 11.8 Å². The first-order valence-electron chi connectivity index (χ1n) is 10.2. The molecule has 4 rings (SSSR count). The van der Waals surface area contributed by atoms with Crippen LogP contribution in [0.3, 0.4) is 0 Å². The molecule has 0 saturated carbocycles. The van der Waals surface area contributed by atoms with Crippen molar-refractivity contribution in [2.45, 2.75) is 45.3 Å². The summed E-state index contributed by atoms with van der Waals surface area (Å²) in [6.07, 6.45) is 3.19. The number of hydroxylamine groups is 2. The van der Waals surface area contributed by atoms with Crippen LogP contribution >= 0.6 is 0 Å². The van der Waals surface area contributed by atoms with Crippen molar-refractivity contribution in [3.05, 3.63) is 59.7 Å². The Hall–Kier alpha value is -2.70. The van der Waals surface area contributed by atoms with Crippen molar-refractivity contribution in [1.82, 2.24) is 5.06 Å². The highest BCUT2D eigenvalue weighted by atomic mass is 16.7. The predicted octanol–water partition coefficient (Wildman–Crippen LogP) is 3.52. The summed E-state index contributed by atoms with van der Waals surface area (Å²) in [7, 11) is 0. The number of hydrogen-bond acceptors (Lipinski definition) is 4. The van der Waals surface area contributed by atoms with Crippen molar-refractivity contribution in [1.29, 1.82) is 0 Å². The van der Waals surface area contributed by atoms with E-state index in [1.807, 2.05) is 46.4 Å². The molecule has 2 heterocycles. The Labute approximate surface area is 171 Å². The topological polar surface area (TPSA) is 61.9 Å². The van der Waals surface area contributed by atoms with E-state index in [1.54, 1.807) is 0 Å². The predicted molar refractivity (Wildman–Crippen MR) is 112 cm³/mol. The van der Waals surface area contributed by atoms with Crippen LogP contribution in [0.1, 0.15) is 37.3 Å². The van der Waals surface area contributed by atoms with E-state index in [1.165, 1.54) is 12.5 Å². The van der Waals surface area contributed by atoms with Gasteiger partial charge < -0.3 is 10.2 Å². The number of rotatable bonds is 5. The van der Waals surface area contributed by atoms with Gasteiger partial charge in [0.1, 0.15) is 0 Å². The lowest BCUT2D eigenvalue weighted by molar-refractivity contribution is -0.180. The summed E-state index contributed by atoms with van der Waals surface area (Å²) in [6, 6.07) is 16.1. The summed E-state index contributed by atoms with van der Waals surface area (Å²) in [6.45, 7) is 3.47. The second kappa shape index (κ2) is 8.76. The Kier molecular flexibility index (Phi) is 5.92. The normalized spacial score (nSPS) is 17.8. The van der Waals surface area contributed by atoms with Gasteiger partial charge in [-0.05, 0) is 37.0 Å². The lowest BCUT2D eigenvalue weighted by Gasteiger charge is -2.40. The molecule has 0 aromatic heterocycles. The number of anilines is 2. The number of para-hydroxylation sites is 2. The second-order valence-electron chi connectivity index (χ2n) is 7.66. The zero-order chi connectivity index (χ0) is 20.2. The molecule has 2 amide bonds. The van der Waals surface area contributed by atoms with Gasteiger partial charge in [0, 0.05) is 49.4 Å². The molecule has 0 bridgehead atoms. The van der Waals surface area contributed by atoms with Gasteiger partial charge in [-0.25, -0.2) is 0 Å². The van der Waals surface area contributed by atoms with Gasteiger partial charge in [-0.2, -0.15) is 5.06 Å². The van der Waals surface area contributed by atoms with Crippen LogP contribution in [0.5, 0.6) is 0 Å². The van der Waals surface area contributed by atoms with Crippen molar-refractivity contribution in [3.8, 4) is 0 Å². The summed E-state index contributed by atoms with van der Waals surface area (Å²) in [5.41, 5.74) is 4.07. The molecule has 6 nitrogen and oxygen atoms in total. The minimum absolute atomic E-state index is 0.0928. The molecule has 0 unspecified atom stereocenters. The number of nitrogens with one attached hydrogen (secondary N) is 1. The van der Waals surface area contributed by atoms with Crippen LogP contribution in [-0.2, 0) is 27.5 Å². The number of carbonyl (C=O) groups is 2. The molecule has 0 atom stereocenters. The van der Waals surface area contributed by atoms with Crippen molar-refractivity contribution in [3.63, 3.8) is 0 Å². The molecular weight excluding hydrogens is 366 g/mol. The van der Waals surface area contributed by atoms with Crippen LogP contribution in [0.2, 0.25) is 0 Å². The fourth-order valence-electron chi connectivity index (χ4n) is 4.20. The van der Waals surface area contributed by atoms with Crippen LogP contribution in [0, 0.1) is 0 Å². The summed E-state index contributed by atoms with van der Waals surface area (Å²) in [5, 5.41) is 4.82. The summed E-state index contributed by atoms with van der Waals surface area (Å²) in [5.74, 6) is 0.136. The zero-order valence-corrected chi connectivity index (χ0v) is 16.8. The largest absolute Gasteiger partial charge is 0.326 e. The van der Waals surface area contributed by atoms with Gasteiger partial charge in [0.25, 0.3) is 0 Å². The number of nitrogens with zero attached hydrogens (tertiary/aromatic N) is 2. The Morgan fingerprint density at radius 1 is 1.07 bits per heavy atom. The monoisotopic (exact) mass is 393 g/mol. The van der Waals surface area contributed by atoms with Crippen molar-refractivity contribution in [2.24, 2.45) is 0 Å². The Morgan fingerprint density at radius 2 is 1.79 bits per heavy atom. The highest BCUT2D eigenvalue weighted by molar-refractivity contribution is 5.97. The Bertz CT molecular complexity index is 890. The maximum atomic E-state index is 12.6. The van der Waals surface area contributed by atoms with Crippen molar-refractivity contribution >= 4 is 23.2 Å². The van der Waals surface area contributed by atoms with Gasteiger partial charge in [0.15, 0.2) is 0 Å². The number of hydrogen-bond donors (Lipinski definition) is 1. The van der Waals surface area contributed by atoms with Gasteiger partial charge in [0.05, 0.1) is 6.61 Å². The van der Waals surface area contributed by atoms with Gasteiger partial charge in [-0.15, -0.1) is 0 Å². The van der Waals surface area contributed by atoms with E-state index >= 15 is 0 Å². The molecule has 0 aliphatic carbocycles. The molecule has 152 valence electrons. The van der Waals surface area contributed by atoms with E-state index in [9.17, 15) is 9.59 Å². The molecule has 2 aliphatic heterocycles. The number of aryl methyl sites for hydroxylation is 1. The third kappa shape index (κ3) is 4.49. The fraction of sp³-hybridized carbons (Fsp3) is 0.391. The second-order valence-corrected chi connectivity index (χ2v) is 7.66. The average Bonchev–Trinajstić information content (AvgIpc) is 2.73. The van der Waals surface area contributed by atoms with Crippen LogP contribution in [0.25, 0.3) is 0 Å². The number of carbonyl (C=O) groups excluding carboxylic acids is 2. The van der Waals surface area contributed by atoms with Crippen molar-refractivity contribution < 1.29 is 14.4 Å². The average molecular weight is 393 g/mol. The van der Waals surface area contributed by atoms with Crippen LogP contribution in [0.15, 0.2) is 48.5 Å². The van der Waals surface area contributed by atoms with Gasteiger partial charge in [-0.3, -0.25) is 14.4 Å². The molecule has 29 heavy (non-hydrogen) atoms. The molecule has 1 saturated heterocycles. The molecule has 2 aliphatic rings. The summed E-state index contributed by atoms with van der Waals surface area (Å²) < 4.78 is 0. The lowest BCUT2D eigenvalue weighted by Crippen LogP contribution is -2.49. The maximum Gasteiger partial charge on any atom is 0.227 e. The van der Waals surface area contributed by atoms with E-state index < -0.39 is 0 Å². The summed E-state index contributed by atoms with van der Waals surface area (Å²) in [4.78, 5) is 32.0. The van der Waals surface area contributed by atoms with Gasteiger partial charge >= 0.3 is 0 Å². The van der Waals surface area contributed by atoms with Crippen molar-refractivity contribution in [2.75, 3.05) is 23.3 Å². The van der Waals surface area contributed by atoms with Gasteiger partial charge in [-0.1, -0.05) is 36.4 Å². The fourth-order valence-corrected chi connectivity index (χ4v) is 4.20. The third-order valence-corrected chi connectivity index (χ3v) is 5.65. The van der Waals surface area contributed by atoms with E-state index in [0.29, 0.717) is 13.0 Å². The smallest absolute Gasteiger partial charge is 0.227 e. The van der Waals surface area contributed by atoms with E-state index in [-0.39, 0.29) is 17.9 Å². The number of benzene rings is 2. The summed E-state index contributed by atoms with van der Waals surface area (Å²) >= 11 is 0. The van der Waals surface area contributed by atoms with Crippen LogP contribution in [0.4, 0.5) is 11.4 Å². The van der Waals surface area contributed by atoms with E-state index in [2.05, 4.69) is 17.4 Å². The van der Waals surface area contributed by atoms with Crippen LogP contribution < -0.4 is 10.2 Å². The minimum Gasteiger partial charge on any atom is -0.326 e. The number of piperidine rings is 1. The Balaban J connectivity index is 1.35. The molecule has 6 heteroatoms. The molecule has 2 aromatic rings. The third-order valence-electron chi connectivity index (χ3n) is 5.65. The SMILES string of the molecule is CC(=O)Nc1ccccc1CON1CCC(N2C(=O)CCc3ccccc32)CC1. The quantitative estimate of drug-likeness (QED) is 0.844. The molecule has 1 fully saturated rings. The number of fused-ring (bicyclic) bond motifs is 1. The van der Waals surface area contributed by atoms with E-state index in [4.69, 9.17) is 4.84 Å².